The maximum Gasteiger partial charge on any atom is 0.231 e. The van der Waals surface area contributed by atoms with Gasteiger partial charge in [-0.3, -0.25) is 0 Å². The first-order valence-corrected chi connectivity index (χ1v) is 3.00. The summed E-state index contributed by atoms with van der Waals surface area (Å²) in [5.41, 5.74) is 1.09. The van der Waals surface area contributed by atoms with E-state index in [9.17, 15) is 0 Å². The Kier molecular flexibility index (Phi) is 4.45. The van der Waals surface area contributed by atoms with Gasteiger partial charge < -0.3 is 5.11 Å². The Morgan fingerprint density at radius 1 is 1.55 bits per heavy atom. The molecule has 2 N–H and O–H groups in total. The van der Waals surface area contributed by atoms with Crippen molar-refractivity contribution >= 4 is 6.08 Å². The normalized spacial score (nSPS) is 7.36. The highest BCUT2D eigenvalue weighted by atomic mass is 16.3. The van der Waals surface area contributed by atoms with Crippen molar-refractivity contribution in [2.45, 2.75) is 6.92 Å². The number of nitrogens with one attached hydrogen (secondary N) is 1. The molecule has 0 amide bonds. The molecule has 0 aliphatic carbocycles. The SMILES string of the molecule is Cc1cccc(O)c1.N=C=O. The molecular weight excluding hydrogens is 142 g/mol. The van der Waals surface area contributed by atoms with Gasteiger partial charge in [0, 0.05) is 0 Å². The Hall–Kier alpha value is -1.60. The number of aromatic hydroxyl groups is 1. The molecule has 0 aliphatic heterocycles. The van der Waals surface area contributed by atoms with Crippen molar-refractivity contribution in [2.24, 2.45) is 0 Å². The summed E-state index contributed by atoms with van der Waals surface area (Å²) in [7, 11) is 0. The summed E-state index contributed by atoms with van der Waals surface area (Å²) in [6.07, 6.45) is 0.750. The molecule has 0 radical (unpaired) electrons. The predicted molar refractivity (Wildman–Crippen MR) is 41.3 cm³/mol. The molecule has 0 saturated carbocycles. The highest BCUT2D eigenvalue weighted by Crippen LogP contribution is 2.08. The van der Waals surface area contributed by atoms with E-state index < -0.39 is 0 Å². The van der Waals surface area contributed by atoms with E-state index in [-0.39, 0.29) is 0 Å². The molecule has 1 rings (SSSR count). The summed E-state index contributed by atoms with van der Waals surface area (Å²) < 4.78 is 0. The highest BCUT2D eigenvalue weighted by molar-refractivity contribution is 5.26. The quantitative estimate of drug-likeness (QED) is 0.437. The number of rotatable bonds is 0. The number of carbonyl (C=O) groups excluding carboxylic acids is 1. The van der Waals surface area contributed by atoms with Crippen LogP contribution in [0.3, 0.4) is 0 Å². The summed E-state index contributed by atoms with van der Waals surface area (Å²) in [5, 5.41) is 14.2. The minimum Gasteiger partial charge on any atom is -0.508 e. The number of isocyanates is 1. The van der Waals surface area contributed by atoms with E-state index in [2.05, 4.69) is 0 Å². The zero-order valence-corrected chi connectivity index (χ0v) is 6.16. The van der Waals surface area contributed by atoms with Gasteiger partial charge in [0.15, 0.2) is 0 Å². The second-order valence-electron chi connectivity index (χ2n) is 1.94. The average Bonchev–Trinajstić information content (AvgIpc) is 1.88. The van der Waals surface area contributed by atoms with Crippen LogP contribution < -0.4 is 0 Å². The van der Waals surface area contributed by atoms with Crippen LogP contribution in [0.5, 0.6) is 5.75 Å². The number of hydrogen-bond donors (Lipinski definition) is 2. The number of phenolic OH excluding ortho intramolecular Hbond substituents is 1. The van der Waals surface area contributed by atoms with Gasteiger partial charge in [0.1, 0.15) is 5.75 Å². The van der Waals surface area contributed by atoms with E-state index >= 15 is 0 Å². The van der Waals surface area contributed by atoms with Crippen LogP contribution in [0, 0.1) is 12.3 Å². The lowest BCUT2D eigenvalue weighted by atomic mass is 10.2. The van der Waals surface area contributed by atoms with E-state index in [1.54, 1.807) is 12.1 Å². The third-order valence-corrected chi connectivity index (χ3v) is 1.00. The van der Waals surface area contributed by atoms with Crippen LogP contribution in [0.1, 0.15) is 5.56 Å². The molecule has 58 valence electrons. The largest absolute Gasteiger partial charge is 0.508 e. The molecule has 0 atom stereocenters. The first-order chi connectivity index (χ1) is 5.20. The molecule has 0 fully saturated rings. The first kappa shape index (κ1) is 9.40. The Labute approximate surface area is 64.8 Å². The smallest absolute Gasteiger partial charge is 0.231 e. The maximum atomic E-state index is 8.81. The monoisotopic (exact) mass is 151 g/mol. The zero-order chi connectivity index (χ0) is 8.69. The lowest BCUT2D eigenvalue weighted by molar-refractivity contribution is 0.475. The van der Waals surface area contributed by atoms with Crippen LogP contribution in [0.15, 0.2) is 24.3 Å². The van der Waals surface area contributed by atoms with Crippen molar-refractivity contribution < 1.29 is 9.90 Å². The zero-order valence-electron chi connectivity index (χ0n) is 6.16. The van der Waals surface area contributed by atoms with Gasteiger partial charge >= 0.3 is 0 Å². The molecule has 3 heteroatoms. The van der Waals surface area contributed by atoms with Crippen molar-refractivity contribution in [2.75, 3.05) is 0 Å². The van der Waals surface area contributed by atoms with Crippen molar-refractivity contribution in [3.8, 4) is 5.75 Å². The second-order valence-corrected chi connectivity index (χ2v) is 1.94. The molecule has 0 heterocycles. The van der Waals surface area contributed by atoms with Crippen molar-refractivity contribution in [3.05, 3.63) is 29.8 Å². The fourth-order valence-corrected chi connectivity index (χ4v) is 0.628. The molecule has 0 bridgehead atoms. The Balaban J connectivity index is 0.000000292. The molecular formula is C8H9NO2. The van der Waals surface area contributed by atoms with Gasteiger partial charge in [0.25, 0.3) is 0 Å². The van der Waals surface area contributed by atoms with Gasteiger partial charge in [0.05, 0.1) is 0 Å². The fraction of sp³-hybridized carbons (Fsp3) is 0.125. The summed E-state index contributed by atoms with van der Waals surface area (Å²) >= 11 is 0. The maximum absolute atomic E-state index is 8.81. The molecule has 0 aromatic heterocycles. The van der Waals surface area contributed by atoms with Gasteiger partial charge in [-0.15, -0.1) is 0 Å². The van der Waals surface area contributed by atoms with Crippen LogP contribution in [0.4, 0.5) is 0 Å². The van der Waals surface area contributed by atoms with Crippen molar-refractivity contribution in [1.82, 2.24) is 0 Å². The number of phenols is 1. The molecule has 0 saturated heterocycles. The molecule has 0 spiro atoms. The van der Waals surface area contributed by atoms with Gasteiger partial charge in [-0.1, -0.05) is 12.1 Å². The van der Waals surface area contributed by atoms with E-state index in [1.807, 2.05) is 19.1 Å². The predicted octanol–water partition coefficient (Wildman–Crippen LogP) is 1.60. The standard InChI is InChI=1S/C7H8O.CHNO/c1-6-3-2-4-7(8)5-6;2-1-3/h2-5,8H,1H3;2H. The van der Waals surface area contributed by atoms with Crippen molar-refractivity contribution in [1.29, 1.82) is 5.41 Å². The third kappa shape index (κ3) is 4.88. The van der Waals surface area contributed by atoms with E-state index in [4.69, 9.17) is 15.3 Å². The molecule has 1 aromatic rings. The minimum atomic E-state index is 0.338. The summed E-state index contributed by atoms with van der Waals surface area (Å²) in [6.45, 7) is 1.94. The van der Waals surface area contributed by atoms with Crippen LogP contribution in [0.2, 0.25) is 0 Å². The van der Waals surface area contributed by atoms with Gasteiger partial charge in [-0.25, -0.2) is 10.2 Å². The summed E-state index contributed by atoms with van der Waals surface area (Å²) in [5.74, 6) is 0.338. The van der Waals surface area contributed by atoms with E-state index in [0.29, 0.717) is 5.75 Å². The summed E-state index contributed by atoms with van der Waals surface area (Å²) in [6, 6.07) is 7.15. The van der Waals surface area contributed by atoms with Crippen LogP contribution in [0.25, 0.3) is 0 Å². The van der Waals surface area contributed by atoms with Crippen LogP contribution >= 0.6 is 0 Å². The number of hydrogen-bond acceptors (Lipinski definition) is 3. The number of benzene rings is 1. The lowest BCUT2D eigenvalue weighted by Crippen LogP contribution is -1.66. The third-order valence-electron chi connectivity index (χ3n) is 1.00. The molecule has 0 aliphatic rings. The van der Waals surface area contributed by atoms with E-state index in [0.717, 1.165) is 11.6 Å². The van der Waals surface area contributed by atoms with Crippen LogP contribution in [-0.4, -0.2) is 11.2 Å². The fourth-order valence-electron chi connectivity index (χ4n) is 0.628. The Morgan fingerprint density at radius 3 is 2.36 bits per heavy atom. The molecule has 1 aromatic carbocycles. The molecule has 3 nitrogen and oxygen atoms in total. The molecule has 11 heavy (non-hydrogen) atoms. The summed E-state index contributed by atoms with van der Waals surface area (Å²) in [4.78, 5) is 8.35. The Morgan fingerprint density at radius 2 is 2.09 bits per heavy atom. The molecule has 0 unspecified atom stereocenters. The second kappa shape index (κ2) is 5.21. The van der Waals surface area contributed by atoms with Gasteiger partial charge in [-0.2, -0.15) is 0 Å². The highest BCUT2D eigenvalue weighted by Gasteiger charge is 1.83. The van der Waals surface area contributed by atoms with Gasteiger partial charge in [-0.05, 0) is 24.6 Å². The average molecular weight is 151 g/mol. The topological polar surface area (TPSA) is 61.1 Å². The first-order valence-electron chi connectivity index (χ1n) is 3.00. The van der Waals surface area contributed by atoms with Crippen molar-refractivity contribution in [3.63, 3.8) is 0 Å². The van der Waals surface area contributed by atoms with Gasteiger partial charge in [0.2, 0.25) is 6.08 Å². The van der Waals surface area contributed by atoms with E-state index in [1.165, 1.54) is 0 Å². The lowest BCUT2D eigenvalue weighted by Gasteiger charge is -1.89. The Bertz CT molecular complexity index is 235. The number of aryl methyl sites for hydroxylation is 1. The van der Waals surface area contributed by atoms with Crippen LogP contribution in [-0.2, 0) is 4.79 Å². The minimum absolute atomic E-state index is 0.338.